The summed E-state index contributed by atoms with van der Waals surface area (Å²) in [4.78, 5) is 19.2. The number of carbonyl (C=O) groups excluding carboxylic acids is 1. The summed E-state index contributed by atoms with van der Waals surface area (Å²) in [6.07, 6.45) is 3.23. The number of thiazole rings is 1. The van der Waals surface area contributed by atoms with E-state index < -0.39 is 0 Å². The molecule has 0 bridgehead atoms. The molecule has 1 saturated heterocycles. The zero-order valence-electron chi connectivity index (χ0n) is 14.1. The van der Waals surface area contributed by atoms with Gasteiger partial charge in [0, 0.05) is 19.6 Å². The molecule has 25 heavy (non-hydrogen) atoms. The van der Waals surface area contributed by atoms with E-state index in [9.17, 15) is 9.90 Å². The Balaban J connectivity index is 1.41. The number of β-amino-alcohol motifs (C(OH)–C–C–N with tert-alkyl or cyclic N) is 1. The average molecular weight is 361 g/mol. The Kier molecular flexibility index (Phi) is 6.38. The molecule has 6 nitrogen and oxygen atoms in total. The number of para-hydroxylation sites is 1. The van der Waals surface area contributed by atoms with Crippen molar-refractivity contribution in [1.82, 2.24) is 15.2 Å². The molecule has 2 N–H and O–H groups in total. The lowest BCUT2D eigenvalue weighted by Crippen LogP contribution is -2.42. The van der Waals surface area contributed by atoms with Crippen molar-refractivity contribution in [3.8, 4) is 5.75 Å². The maximum Gasteiger partial charge on any atom is 0.263 e. The van der Waals surface area contributed by atoms with Crippen LogP contribution in [-0.4, -0.2) is 53.2 Å². The molecule has 134 valence electrons. The standard InChI is InChI=1S/C18H23N3O3S/c22-14-5-4-9-21(12-14)10-8-19-18(23)16-11-20-17(25-16)13-24-15-6-2-1-3-7-15/h1-3,6-7,11,14,22H,4-5,8-10,12-13H2,(H,19,23). The quantitative estimate of drug-likeness (QED) is 0.788. The van der Waals surface area contributed by atoms with E-state index in [1.165, 1.54) is 11.3 Å². The number of aromatic nitrogens is 1. The Bertz CT molecular complexity index is 677. The molecule has 1 aliphatic heterocycles. The fourth-order valence-electron chi connectivity index (χ4n) is 2.79. The van der Waals surface area contributed by atoms with Crippen LogP contribution in [0.3, 0.4) is 0 Å². The third-order valence-electron chi connectivity index (χ3n) is 4.08. The summed E-state index contributed by atoms with van der Waals surface area (Å²) in [5.41, 5.74) is 0. The SMILES string of the molecule is O=C(NCCN1CCCC(O)C1)c1cnc(COc2ccccc2)s1. The second-order valence-corrected chi connectivity index (χ2v) is 7.19. The van der Waals surface area contributed by atoms with Gasteiger partial charge in [-0.25, -0.2) is 4.98 Å². The lowest BCUT2D eigenvalue weighted by Gasteiger charge is -2.29. The minimum Gasteiger partial charge on any atom is -0.486 e. The van der Waals surface area contributed by atoms with Crippen molar-refractivity contribution in [1.29, 1.82) is 0 Å². The normalized spacial score (nSPS) is 18.0. The number of hydrogen-bond acceptors (Lipinski definition) is 6. The molecule has 0 saturated carbocycles. The second-order valence-electron chi connectivity index (χ2n) is 6.07. The summed E-state index contributed by atoms with van der Waals surface area (Å²) in [7, 11) is 0. The van der Waals surface area contributed by atoms with E-state index in [4.69, 9.17) is 4.74 Å². The highest BCUT2D eigenvalue weighted by Gasteiger charge is 2.17. The molecular formula is C18H23N3O3S. The number of carbonyl (C=O) groups is 1. The van der Waals surface area contributed by atoms with Crippen LogP contribution in [0.1, 0.15) is 27.5 Å². The highest BCUT2D eigenvalue weighted by molar-refractivity contribution is 7.13. The van der Waals surface area contributed by atoms with Gasteiger partial charge in [-0.3, -0.25) is 9.69 Å². The molecule has 1 amide bonds. The van der Waals surface area contributed by atoms with Crippen molar-refractivity contribution in [2.75, 3.05) is 26.2 Å². The molecule has 3 rings (SSSR count). The first-order valence-electron chi connectivity index (χ1n) is 8.52. The van der Waals surface area contributed by atoms with E-state index in [-0.39, 0.29) is 12.0 Å². The van der Waals surface area contributed by atoms with Crippen molar-refractivity contribution < 1.29 is 14.6 Å². The number of amides is 1. The molecule has 2 aromatic rings. The Morgan fingerprint density at radius 2 is 2.24 bits per heavy atom. The molecule has 1 fully saturated rings. The number of piperidine rings is 1. The van der Waals surface area contributed by atoms with E-state index in [2.05, 4.69) is 15.2 Å². The van der Waals surface area contributed by atoms with E-state index in [1.54, 1.807) is 6.20 Å². The number of nitrogens with one attached hydrogen (secondary N) is 1. The van der Waals surface area contributed by atoms with Gasteiger partial charge in [0.05, 0.1) is 12.3 Å². The van der Waals surface area contributed by atoms with Crippen molar-refractivity contribution >= 4 is 17.2 Å². The lowest BCUT2D eigenvalue weighted by molar-refractivity contribution is 0.0703. The van der Waals surface area contributed by atoms with Gasteiger partial charge in [-0.15, -0.1) is 11.3 Å². The maximum absolute atomic E-state index is 12.2. The largest absolute Gasteiger partial charge is 0.486 e. The van der Waals surface area contributed by atoms with Gasteiger partial charge < -0.3 is 15.2 Å². The van der Waals surface area contributed by atoms with Crippen LogP contribution in [0.4, 0.5) is 0 Å². The zero-order valence-corrected chi connectivity index (χ0v) is 14.9. The number of aliphatic hydroxyl groups is 1. The van der Waals surface area contributed by atoms with Crippen LogP contribution in [0, 0.1) is 0 Å². The van der Waals surface area contributed by atoms with Crippen LogP contribution >= 0.6 is 11.3 Å². The van der Waals surface area contributed by atoms with Gasteiger partial charge >= 0.3 is 0 Å². The summed E-state index contributed by atoms with van der Waals surface area (Å²) < 4.78 is 5.64. The number of rotatable bonds is 7. The first-order chi connectivity index (χ1) is 12.2. The summed E-state index contributed by atoms with van der Waals surface area (Å²) in [5.74, 6) is 0.674. The Morgan fingerprint density at radius 1 is 1.40 bits per heavy atom. The number of hydrogen-bond donors (Lipinski definition) is 2. The molecule has 2 heterocycles. The molecule has 1 unspecified atom stereocenters. The van der Waals surface area contributed by atoms with Crippen LogP contribution in [0.25, 0.3) is 0 Å². The third kappa shape index (κ3) is 5.52. The molecule has 0 radical (unpaired) electrons. The predicted octanol–water partition coefficient (Wildman–Crippen LogP) is 1.91. The molecule has 0 aliphatic carbocycles. The number of aliphatic hydroxyl groups excluding tert-OH is 1. The first-order valence-corrected chi connectivity index (χ1v) is 9.33. The molecule has 1 aromatic carbocycles. The predicted molar refractivity (Wildman–Crippen MR) is 96.9 cm³/mol. The number of benzene rings is 1. The van der Waals surface area contributed by atoms with Crippen LogP contribution in [0.15, 0.2) is 36.5 Å². The van der Waals surface area contributed by atoms with Gasteiger partial charge in [0.2, 0.25) is 0 Å². The number of likely N-dealkylation sites (tertiary alicyclic amines) is 1. The average Bonchev–Trinajstić information content (AvgIpc) is 3.10. The molecule has 7 heteroatoms. The van der Waals surface area contributed by atoms with Crippen molar-refractivity contribution in [3.05, 3.63) is 46.4 Å². The van der Waals surface area contributed by atoms with E-state index in [1.807, 2.05) is 30.3 Å². The summed E-state index contributed by atoms with van der Waals surface area (Å²) in [6, 6.07) is 9.54. The summed E-state index contributed by atoms with van der Waals surface area (Å²) >= 11 is 1.34. The smallest absolute Gasteiger partial charge is 0.263 e. The topological polar surface area (TPSA) is 74.7 Å². The number of ether oxygens (including phenoxy) is 1. The summed E-state index contributed by atoms with van der Waals surface area (Å²) in [5, 5.41) is 13.3. The minimum atomic E-state index is -0.238. The van der Waals surface area contributed by atoms with Gasteiger partial charge in [-0.05, 0) is 31.5 Å². The van der Waals surface area contributed by atoms with E-state index in [0.29, 0.717) is 24.6 Å². The minimum absolute atomic E-state index is 0.110. The lowest BCUT2D eigenvalue weighted by atomic mass is 10.1. The fourth-order valence-corrected chi connectivity index (χ4v) is 3.54. The monoisotopic (exact) mass is 361 g/mol. The van der Waals surface area contributed by atoms with Crippen LogP contribution in [0.5, 0.6) is 5.75 Å². The first kappa shape index (κ1) is 17.8. The molecule has 1 atom stereocenters. The number of nitrogens with zero attached hydrogens (tertiary/aromatic N) is 2. The Hall–Kier alpha value is -1.96. The zero-order chi connectivity index (χ0) is 17.5. The van der Waals surface area contributed by atoms with Crippen molar-refractivity contribution in [2.24, 2.45) is 0 Å². The van der Waals surface area contributed by atoms with Gasteiger partial charge in [0.25, 0.3) is 5.91 Å². The second kappa shape index (κ2) is 8.94. The van der Waals surface area contributed by atoms with Crippen LogP contribution in [0.2, 0.25) is 0 Å². The van der Waals surface area contributed by atoms with E-state index in [0.717, 1.165) is 36.7 Å². The fraction of sp³-hybridized carbons (Fsp3) is 0.444. The van der Waals surface area contributed by atoms with E-state index >= 15 is 0 Å². The molecule has 0 spiro atoms. The van der Waals surface area contributed by atoms with Crippen molar-refractivity contribution in [3.63, 3.8) is 0 Å². The highest BCUT2D eigenvalue weighted by atomic mass is 32.1. The molecule has 1 aromatic heterocycles. The van der Waals surface area contributed by atoms with Crippen molar-refractivity contribution in [2.45, 2.75) is 25.6 Å². The van der Waals surface area contributed by atoms with Crippen LogP contribution in [-0.2, 0) is 6.61 Å². The van der Waals surface area contributed by atoms with Gasteiger partial charge in [0.15, 0.2) is 0 Å². The Morgan fingerprint density at radius 3 is 3.04 bits per heavy atom. The molecule has 1 aliphatic rings. The highest BCUT2D eigenvalue weighted by Crippen LogP contribution is 2.16. The Labute approximate surface area is 151 Å². The third-order valence-corrected chi connectivity index (χ3v) is 5.05. The van der Waals surface area contributed by atoms with Gasteiger partial charge in [0.1, 0.15) is 22.2 Å². The summed E-state index contributed by atoms with van der Waals surface area (Å²) in [6.45, 7) is 3.35. The van der Waals surface area contributed by atoms with Gasteiger partial charge in [-0.1, -0.05) is 18.2 Å². The maximum atomic E-state index is 12.2. The van der Waals surface area contributed by atoms with Gasteiger partial charge in [-0.2, -0.15) is 0 Å². The van der Waals surface area contributed by atoms with Crippen LogP contribution < -0.4 is 10.1 Å². The molecular weight excluding hydrogens is 338 g/mol.